The van der Waals surface area contributed by atoms with Crippen LogP contribution in [0.5, 0.6) is 11.5 Å². The number of rotatable bonds is 7. The second-order valence-electron chi connectivity index (χ2n) is 7.68. The Balaban J connectivity index is 1.29. The molecule has 0 aliphatic carbocycles. The summed E-state index contributed by atoms with van der Waals surface area (Å²) < 4.78 is 47.9. The van der Waals surface area contributed by atoms with Gasteiger partial charge in [-0.25, -0.2) is 4.98 Å². The number of amides is 1. The summed E-state index contributed by atoms with van der Waals surface area (Å²) in [5.41, 5.74) is 1.35. The predicted molar refractivity (Wildman–Crippen MR) is 121 cm³/mol. The summed E-state index contributed by atoms with van der Waals surface area (Å²) in [4.78, 5) is 21.1. The maximum absolute atomic E-state index is 12.4. The molecular formula is C23H24F3N5O3. The molecule has 2 heterocycles. The highest BCUT2D eigenvalue weighted by atomic mass is 19.4. The second-order valence-corrected chi connectivity index (χ2v) is 7.68. The highest BCUT2D eigenvalue weighted by Gasteiger charge is 2.31. The number of anilines is 2. The maximum atomic E-state index is 12.4. The molecule has 0 spiro atoms. The Kier molecular flexibility index (Phi) is 6.92. The van der Waals surface area contributed by atoms with Crippen LogP contribution in [0.25, 0.3) is 5.69 Å². The number of benzene rings is 2. The number of ether oxygens (including phenoxy) is 2. The van der Waals surface area contributed by atoms with Crippen LogP contribution in [0.15, 0.2) is 60.9 Å². The fourth-order valence-electron chi connectivity index (χ4n) is 3.74. The highest BCUT2D eigenvalue weighted by Crippen LogP contribution is 2.25. The Morgan fingerprint density at radius 2 is 1.79 bits per heavy atom. The van der Waals surface area contributed by atoms with Gasteiger partial charge in [0.2, 0.25) is 11.9 Å². The van der Waals surface area contributed by atoms with Gasteiger partial charge in [0.1, 0.15) is 11.5 Å². The Hall–Kier alpha value is -3.73. The molecule has 1 aliphatic heterocycles. The summed E-state index contributed by atoms with van der Waals surface area (Å²) >= 11 is 0. The van der Waals surface area contributed by atoms with Gasteiger partial charge in [0.05, 0.1) is 19.3 Å². The van der Waals surface area contributed by atoms with Crippen LogP contribution >= 0.6 is 0 Å². The van der Waals surface area contributed by atoms with Gasteiger partial charge in [-0.2, -0.15) is 0 Å². The number of methoxy groups -OCH3 is 1. The van der Waals surface area contributed by atoms with Gasteiger partial charge in [-0.05, 0) is 36.4 Å². The first-order valence-electron chi connectivity index (χ1n) is 10.6. The first kappa shape index (κ1) is 23.4. The molecule has 1 aliphatic rings. The Bertz CT molecular complexity index is 1110. The second kappa shape index (κ2) is 10.0. The van der Waals surface area contributed by atoms with E-state index in [1.165, 1.54) is 12.1 Å². The van der Waals surface area contributed by atoms with Gasteiger partial charge in [-0.15, -0.1) is 13.2 Å². The van der Waals surface area contributed by atoms with Crippen molar-refractivity contribution in [3.63, 3.8) is 0 Å². The van der Waals surface area contributed by atoms with E-state index in [-0.39, 0.29) is 18.2 Å². The topological polar surface area (TPSA) is 71.9 Å². The molecule has 34 heavy (non-hydrogen) atoms. The van der Waals surface area contributed by atoms with Gasteiger partial charge in [-0.1, -0.05) is 6.07 Å². The summed E-state index contributed by atoms with van der Waals surface area (Å²) in [5.74, 6) is 0.999. The smallest absolute Gasteiger partial charge is 0.497 e. The molecule has 1 saturated heterocycles. The van der Waals surface area contributed by atoms with Gasteiger partial charge >= 0.3 is 6.36 Å². The van der Waals surface area contributed by atoms with Gasteiger partial charge in [0.25, 0.3) is 0 Å². The number of halogens is 3. The molecule has 2 aromatic carbocycles. The molecule has 4 rings (SSSR count). The fraction of sp³-hybridized carbons (Fsp3) is 0.304. The largest absolute Gasteiger partial charge is 0.573 e. The van der Waals surface area contributed by atoms with Crippen LogP contribution < -0.4 is 19.7 Å². The minimum absolute atomic E-state index is 0.180. The number of alkyl halides is 3. The van der Waals surface area contributed by atoms with Crippen molar-refractivity contribution in [2.24, 2.45) is 0 Å². The standard InChI is InChI=1S/C23H24F3N5O3/c1-33-20-4-2-3-18(15-20)31-10-9-27-22(31)30-13-11-29(12-14-30)16-21(32)28-17-5-7-19(8-6-17)34-23(24,25)26/h2-10,15H,11-14,16H2,1H3,(H,28,32). The van der Waals surface area contributed by atoms with Crippen molar-refractivity contribution < 1.29 is 27.4 Å². The van der Waals surface area contributed by atoms with E-state index in [1.54, 1.807) is 13.3 Å². The quantitative estimate of drug-likeness (QED) is 0.564. The minimum Gasteiger partial charge on any atom is -0.497 e. The molecule has 11 heteroatoms. The molecule has 0 unspecified atom stereocenters. The number of nitrogens with one attached hydrogen (secondary N) is 1. The predicted octanol–water partition coefficient (Wildman–Crippen LogP) is 3.54. The van der Waals surface area contributed by atoms with Crippen LogP contribution in [0.2, 0.25) is 0 Å². The van der Waals surface area contributed by atoms with Crippen molar-refractivity contribution in [3.05, 3.63) is 60.9 Å². The molecule has 180 valence electrons. The molecule has 1 fully saturated rings. The first-order chi connectivity index (χ1) is 16.3. The van der Waals surface area contributed by atoms with E-state index in [2.05, 4.69) is 19.9 Å². The third-order valence-electron chi connectivity index (χ3n) is 5.35. The van der Waals surface area contributed by atoms with Crippen LogP contribution in [0, 0.1) is 0 Å². The van der Waals surface area contributed by atoms with Gasteiger partial charge in [0.15, 0.2) is 0 Å². The van der Waals surface area contributed by atoms with Crippen LogP contribution in [0.4, 0.5) is 24.8 Å². The van der Waals surface area contributed by atoms with E-state index in [0.717, 1.165) is 29.5 Å². The number of aromatic nitrogens is 2. The molecule has 1 amide bonds. The monoisotopic (exact) mass is 475 g/mol. The zero-order valence-electron chi connectivity index (χ0n) is 18.5. The van der Waals surface area contributed by atoms with Gasteiger partial charge < -0.3 is 19.7 Å². The molecule has 8 nitrogen and oxygen atoms in total. The van der Waals surface area contributed by atoms with E-state index in [9.17, 15) is 18.0 Å². The van der Waals surface area contributed by atoms with Crippen molar-refractivity contribution in [2.75, 3.05) is 50.1 Å². The lowest BCUT2D eigenvalue weighted by Crippen LogP contribution is -2.49. The third-order valence-corrected chi connectivity index (χ3v) is 5.35. The van der Waals surface area contributed by atoms with Crippen molar-refractivity contribution in [1.82, 2.24) is 14.5 Å². The minimum atomic E-state index is -4.75. The van der Waals surface area contributed by atoms with Gasteiger partial charge in [-0.3, -0.25) is 14.3 Å². The SMILES string of the molecule is COc1cccc(-n2ccnc2N2CCN(CC(=O)Nc3ccc(OC(F)(F)F)cc3)CC2)c1. The third kappa shape index (κ3) is 5.98. The van der Waals surface area contributed by atoms with Crippen molar-refractivity contribution >= 4 is 17.5 Å². The lowest BCUT2D eigenvalue weighted by molar-refractivity contribution is -0.274. The number of piperazine rings is 1. The van der Waals surface area contributed by atoms with Crippen LogP contribution in [-0.4, -0.2) is 66.6 Å². The van der Waals surface area contributed by atoms with E-state index in [1.807, 2.05) is 39.9 Å². The average Bonchev–Trinajstić information content (AvgIpc) is 3.30. The molecule has 3 aromatic rings. The van der Waals surface area contributed by atoms with E-state index < -0.39 is 6.36 Å². The molecule has 0 radical (unpaired) electrons. The van der Waals surface area contributed by atoms with Crippen LogP contribution in [0.3, 0.4) is 0 Å². The molecule has 0 bridgehead atoms. The van der Waals surface area contributed by atoms with E-state index in [4.69, 9.17) is 4.74 Å². The maximum Gasteiger partial charge on any atom is 0.573 e. The lowest BCUT2D eigenvalue weighted by atomic mass is 10.3. The average molecular weight is 475 g/mol. The Labute approximate surface area is 194 Å². The van der Waals surface area contributed by atoms with Crippen LogP contribution in [0.1, 0.15) is 0 Å². The normalized spacial score (nSPS) is 14.6. The number of carbonyl (C=O) groups is 1. The number of hydrogen-bond donors (Lipinski definition) is 1. The summed E-state index contributed by atoms with van der Waals surface area (Å²) in [6, 6.07) is 12.8. The van der Waals surface area contributed by atoms with Gasteiger partial charge in [0, 0.05) is 50.3 Å². The number of hydrogen-bond acceptors (Lipinski definition) is 6. The van der Waals surface area contributed by atoms with E-state index >= 15 is 0 Å². The van der Waals surface area contributed by atoms with Crippen molar-refractivity contribution in [1.29, 1.82) is 0 Å². The molecule has 1 aromatic heterocycles. The summed E-state index contributed by atoms with van der Waals surface area (Å²) in [5, 5.41) is 2.70. The zero-order chi connectivity index (χ0) is 24.1. The number of imidazole rings is 1. The Morgan fingerprint density at radius 1 is 1.06 bits per heavy atom. The molecule has 0 saturated carbocycles. The van der Waals surface area contributed by atoms with Crippen molar-refractivity contribution in [3.8, 4) is 17.2 Å². The zero-order valence-corrected chi connectivity index (χ0v) is 18.5. The number of carbonyl (C=O) groups excluding carboxylic acids is 1. The fourth-order valence-corrected chi connectivity index (χ4v) is 3.74. The molecular weight excluding hydrogens is 451 g/mol. The summed E-state index contributed by atoms with van der Waals surface area (Å²) in [7, 11) is 1.63. The molecule has 1 N–H and O–H groups in total. The Morgan fingerprint density at radius 3 is 2.47 bits per heavy atom. The van der Waals surface area contributed by atoms with Crippen molar-refractivity contribution in [2.45, 2.75) is 6.36 Å². The van der Waals surface area contributed by atoms with E-state index in [0.29, 0.717) is 31.9 Å². The number of nitrogens with zero attached hydrogens (tertiary/aromatic N) is 4. The highest BCUT2D eigenvalue weighted by molar-refractivity contribution is 5.92. The first-order valence-corrected chi connectivity index (χ1v) is 10.6. The lowest BCUT2D eigenvalue weighted by Gasteiger charge is -2.35. The van der Waals surface area contributed by atoms with Crippen LogP contribution in [-0.2, 0) is 4.79 Å². The molecule has 0 atom stereocenters. The summed E-state index contributed by atoms with van der Waals surface area (Å²) in [6.07, 6.45) is -1.10. The summed E-state index contributed by atoms with van der Waals surface area (Å²) in [6.45, 7) is 2.89.